The van der Waals surface area contributed by atoms with E-state index in [2.05, 4.69) is 46.9 Å². The van der Waals surface area contributed by atoms with E-state index in [-0.39, 0.29) is 5.56 Å². The fourth-order valence-corrected chi connectivity index (χ4v) is 3.70. The smallest absolute Gasteiger partial charge is 0.290 e. The van der Waals surface area contributed by atoms with Crippen molar-refractivity contribution in [2.24, 2.45) is 13.0 Å². The van der Waals surface area contributed by atoms with E-state index < -0.39 is 0 Å². The molecule has 1 aromatic carbocycles. The fourth-order valence-electron chi connectivity index (χ4n) is 3.70. The van der Waals surface area contributed by atoms with Crippen LogP contribution in [0.2, 0.25) is 0 Å². The van der Waals surface area contributed by atoms with Crippen molar-refractivity contribution in [1.29, 1.82) is 0 Å². The molecule has 8 heteroatoms. The highest BCUT2D eigenvalue weighted by molar-refractivity contribution is 5.45. The number of nitrogens with zero attached hydrogens (tertiary/aromatic N) is 2. The monoisotopic (exact) mass is 409 g/mol. The van der Waals surface area contributed by atoms with Crippen LogP contribution in [0.1, 0.15) is 23.5 Å². The summed E-state index contributed by atoms with van der Waals surface area (Å²) in [6, 6.07) is 7.87. The second-order valence-electron chi connectivity index (χ2n) is 7.76. The van der Waals surface area contributed by atoms with Gasteiger partial charge in [0, 0.05) is 24.7 Å². The molecule has 2 atom stereocenters. The molecule has 0 radical (unpaired) electrons. The van der Waals surface area contributed by atoms with Crippen molar-refractivity contribution in [3.63, 3.8) is 0 Å². The minimum Gasteiger partial charge on any atom is -0.497 e. The lowest BCUT2D eigenvalue weighted by Gasteiger charge is -2.12. The van der Waals surface area contributed by atoms with Crippen LogP contribution >= 0.6 is 0 Å². The van der Waals surface area contributed by atoms with Crippen LogP contribution < -0.4 is 31.2 Å². The van der Waals surface area contributed by atoms with E-state index in [9.17, 15) is 4.79 Å². The van der Waals surface area contributed by atoms with Crippen molar-refractivity contribution in [2.45, 2.75) is 19.3 Å². The molecular weight excluding hydrogens is 382 g/mol. The summed E-state index contributed by atoms with van der Waals surface area (Å²) in [5.41, 5.74) is 10.4. The molecule has 3 N–H and O–H groups in total. The van der Waals surface area contributed by atoms with Gasteiger partial charge in [0.25, 0.3) is 5.56 Å². The number of methoxy groups -OCH3 is 1. The third-order valence-corrected chi connectivity index (χ3v) is 5.49. The third-order valence-electron chi connectivity index (χ3n) is 5.49. The van der Waals surface area contributed by atoms with Gasteiger partial charge in [0.1, 0.15) is 11.4 Å². The van der Waals surface area contributed by atoms with E-state index in [0.717, 1.165) is 23.6 Å². The zero-order valence-corrected chi connectivity index (χ0v) is 17.5. The topological polar surface area (TPSA) is 89.4 Å². The van der Waals surface area contributed by atoms with Crippen LogP contribution in [0.5, 0.6) is 11.6 Å². The summed E-state index contributed by atoms with van der Waals surface area (Å²) in [7, 11) is 3.30. The van der Waals surface area contributed by atoms with Crippen LogP contribution in [0.25, 0.3) is 0 Å². The summed E-state index contributed by atoms with van der Waals surface area (Å²) in [5, 5.41) is 7.37. The summed E-state index contributed by atoms with van der Waals surface area (Å²) in [6.45, 7) is 6.96. The predicted molar refractivity (Wildman–Crippen MR) is 116 cm³/mol. The second kappa shape index (κ2) is 8.14. The Hall–Kier alpha value is -3.42. The van der Waals surface area contributed by atoms with Crippen LogP contribution in [0, 0.1) is 12.8 Å². The molecule has 0 spiro atoms. The van der Waals surface area contributed by atoms with Crippen LogP contribution in [0.3, 0.4) is 0 Å². The number of aryl methyl sites for hydroxylation is 2. The van der Waals surface area contributed by atoms with Crippen molar-refractivity contribution >= 4 is 5.69 Å². The van der Waals surface area contributed by atoms with Gasteiger partial charge in [0.05, 0.1) is 26.0 Å². The maximum absolute atomic E-state index is 12.4. The Kier molecular flexibility index (Phi) is 5.39. The number of hydrogen-bond donors (Lipinski definition) is 3. The first-order chi connectivity index (χ1) is 14.4. The van der Waals surface area contributed by atoms with Gasteiger partial charge >= 0.3 is 0 Å². The molecule has 2 aromatic rings. The Balaban J connectivity index is 1.37. The van der Waals surface area contributed by atoms with E-state index >= 15 is 0 Å². The van der Waals surface area contributed by atoms with Gasteiger partial charge in [-0.25, -0.2) is 4.68 Å². The Bertz CT molecular complexity index is 1060. The Morgan fingerprint density at radius 3 is 2.87 bits per heavy atom. The van der Waals surface area contributed by atoms with Crippen molar-refractivity contribution in [3.05, 3.63) is 69.8 Å². The number of hydrazine groups is 1. The maximum Gasteiger partial charge on any atom is 0.290 e. The predicted octanol–water partition coefficient (Wildman–Crippen LogP) is 2.20. The van der Waals surface area contributed by atoms with Gasteiger partial charge in [-0.1, -0.05) is 12.6 Å². The highest BCUT2D eigenvalue weighted by Crippen LogP contribution is 2.48. The lowest BCUT2D eigenvalue weighted by Crippen LogP contribution is -2.28. The number of rotatable bonds is 8. The maximum atomic E-state index is 12.4. The molecule has 1 aromatic heterocycles. The van der Waals surface area contributed by atoms with Gasteiger partial charge in [-0.05, 0) is 48.6 Å². The number of hydrogen-bond acceptors (Lipinski definition) is 7. The number of benzene rings is 1. The second-order valence-corrected chi connectivity index (χ2v) is 7.76. The lowest BCUT2D eigenvalue weighted by molar-refractivity contribution is 0.278. The summed E-state index contributed by atoms with van der Waals surface area (Å²) >= 11 is 0. The molecule has 30 heavy (non-hydrogen) atoms. The third kappa shape index (κ3) is 4.27. The minimum absolute atomic E-state index is 0.203. The normalized spacial score (nSPS) is 19.6. The van der Waals surface area contributed by atoms with Gasteiger partial charge < -0.3 is 25.6 Å². The van der Waals surface area contributed by atoms with E-state index in [1.54, 1.807) is 20.2 Å². The van der Waals surface area contributed by atoms with Crippen LogP contribution in [0.15, 0.2) is 53.1 Å². The highest BCUT2D eigenvalue weighted by Gasteiger charge is 2.39. The molecule has 2 aliphatic rings. The highest BCUT2D eigenvalue weighted by atomic mass is 16.5. The molecule has 1 aliphatic heterocycles. The van der Waals surface area contributed by atoms with Gasteiger partial charge in [-0.3, -0.25) is 4.79 Å². The SMILES string of the molecule is C=C1C=C(CNc2cc(OCC3C[C@H]3c3ccc(OC)cc3C)nn(C)c2=O)NN1. The first-order valence-electron chi connectivity index (χ1n) is 9.95. The number of ether oxygens (including phenoxy) is 2. The molecule has 1 saturated carbocycles. The van der Waals surface area contributed by atoms with E-state index in [1.165, 1.54) is 15.8 Å². The molecule has 1 unspecified atom stereocenters. The van der Waals surface area contributed by atoms with E-state index in [1.807, 2.05) is 12.1 Å². The molecule has 0 amide bonds. The molecule has 0 bridgehead atoms. The van der Waals surface area contributed by atoms with E-state index in [4.69, 9.17) is 9.47 Å². The first-order valence-corrected chi connectivity index (χ1v) is 9.95. The van der Waals surface area contributed by atoms with Gasteiger partial charge in [-0.2, -0.15) is 0 Å². The summed E-state index contributed by atoms with van der Waals surface area (Å²) in [6.07, 6.45) is 2.96. The van der Waals surface area contributed by atoms with Gasteiger partial charge in [-0.15, -0.1) is 5.10 Å². The lowest BCUT2D eigenvalue weighted by atomic mass is 10.0. The largest absolute Gasteiger partial charge is 0.497 e. The van der Waals surface area contributed by atoms with Crippen molar-refractivity contribution in [2.75, 3.05) is 25.6 Å². The average Bonchev–Trinajstić information content (AvgIpc) is 3.38. The van der Waals surface area contributed by atoms with Gasteiger partial charge in [0.2, 0.25) is 5.88 Å². The molecule has 8 nitrogen and oxygen atoms in total. The average molecular weight is 409 g/mol. The minimum atomic E-state index is -0.203. The first kappa shape index (κ1) is 19.9. The van der Waals surface area contributed by atoms with Crippen LogP contribution in [-0.4, -0.2) is 30.0 Å². The fraction of sp³-hybridized carbons (Fsp3) is 0.364. The van der Waals surface area contributed by atoms with E-state index in [0.29, 0.717) is 36.6 Å². The molecule has 4 rings (SSSR count). The molecule has 1 fully saturated rings. The van der Waals surface area contributed by atoms with Crippen LogP contribution in [-0.2, 0) is 7.05 Å². The summed E-state index contributed by atoms with van der Waals surface area (Å²) in [4.78, 5) is 12.4. The zero-order chi connectivity index (χ0) is 21.3. The summed E-state index contributed by atoms with van der Waals surface area (Å²) in [5.74, 6) is 2.25. The Labute approximate surface area is 175 Å². The number of anilines is 1. The molecular formula is C22H27N5O3. The van der Waals surface area contributed by atoms with Crippen molar-refractivity contribution in [1.82, 2.24) is 20.6 Å². The molecule has 2 heterocycles. The zero-order valence-electron chi connectivity index (χ0n) is 17.5. The Morgan fingerprint density at radius 1 is 1.33 bits per heavy atom. The summed E-state index contributed by atoms with van der Waals surface area (Å²) < 4.78 is 12.5. The number of allylic oxidation sites excluding steroid dienone is 1. The molecule has 158 valence electrons. The standard InChI is InChI=1S/C22H27N5O3/c1-13-7-17(29-4)5-6-18(13)19-9-15(19)12-30-21-10-20(22(28)27(3)26-21)23-11-16-8-14(2)24-25-16/h5-8,10,15,19,23-25H,2,9,11-12H2,1,3-4H3/t15?,19-/m1/s1. The van der Waals surface area contributed by atoms with Crippen LogP contribution in [0.4, 0.5) is 5.69 Å². The number of aromatic nitrogens is 2. The van der Waals surface area contributed by atoms with Crippen molar-refractivity contribution in [3.8, 4) is 11.6 Å². The van der Waals surface area contributed by atoms with Gasteiger partial charge in [0.15, 0.2) is 0 Å². The molecule has 0 saturated heterocycles. The quantitative estimate of drug-likeness (QED) is 0.616. The molecule has 1 aliphatic carbocycles. The van der Waals surface area contributed by atoms with Crippen molar-refractivity contribution < 1.29 is 9.47 Å². The number of nitrogens with one attached hydrogen (secondary N) is 3. The Morgan fingerprint density at radius 2 is 2.17 bits per heavy atom.